The van der Waals surface area contributed by atoms with Gasteiger partial charge in [0, 0.05) is 24.9 Å². The lowest BCUT2D eigenvalue weighted by atomic mass is 9.89. The van der Waals surface area contributed by atoms with Gasteiger partial charge >= 0.3 is 0 Å². The summed E-state index contributed by atoms with van der Waals surface area (Å²) in [5, 5.41) is 3.25. The van der Waals surface area contributed by atoms with E-state index < -0.39 is 0 Å². The maximum absolute atomic E-state index is 12.8. The highest BCUT2D eigenvalue weighted by atomic mass is 16.1. The fourth-order valence-electron chi connectivity index (χ4n) is 4.98. The van der Waals surface area contributed by atoms with Crippen molar-refractivity contribution >= 4 is 28.3 Å². The summed E-state index contributed by atoms with van der Waals surface area (Å²) in [6.07, 6.45) is 10.8. The normalized spacial score (nSPS) is 18.6. The Hall–Kier alpha value is -2.04. The minimum absolute atomic E-state index is 0.164. The number of amides is 1. The minimum Gasteiger partial charge on any atom is -0.370 e. The van der Waals surface area contributed by atoms with E-state index in [1.807, 2.05) is 0 Å². The number of rotatable bonds is 6. The summed E-state index contributed by atoms with van der Waals surface area (Å²) in [5.41, 5.74) is 4.07. The summed E-state index contributed by atoms with van der Waals surface area (Å²) >= 11 is 0. The van der Waals surface area contributed by atoms with Crippen molar-refractivity contribution < 1.29 is 4.79 Å². The molecule has 2 fully saturated rings. The molecule has 1 aromatic heterocycles. The van der Waals surface area contributed by atoms with Gasteiger partial charge in [0.2, 0.25) is 5.91 Å². The number of anilines is 2. The Morgan fingerprint density at radius 2 is 1.75 bits per heavy atom. The zero-order valence-corrected chi connectivity index (χ0v) is 17.4. The first-order valence-electron chi connectivity index (χ1n) is 11.3. The molecule has 28 heavy (non-hydrogen) atoms. The molecule has 2 N–H and O–H groups in total. The van der Waals surface area contributed by atoms with E-state index in [4.69, 9.17) is 4.98 Å². The number of hydrogen-bond donors (Lipinski definition) is 2. The lowest BCUT2D eigenvalue weighted by Crippen LogP contribution is -2.26. The van der Waals surface area contributed by atoms with Crippen LogP contribution in [0.25, 0.3) is 11.0 Å². The molecule has 0 radical (unpaired) electrons. The molecule has 152 valence electrons. The molecule has 2 aliphatic carbocycles. The van der Waals surface area contributed by atoms with Crippen LogP contribution in [0.3, 0.4) is 0 Å². The Morgan fingerprint density at radius 3 is 2.43 bits per heavy atom. The van der Waals surface area contributed by atoms with Gasteiger partial charge in [0.25, 0.3) is 0 Å². The molecule has 2 saturated carbocycles. The number of nitrogens with zero attached hydrogens (tertiary/aromatic N) is 2. The zero-order valence-electron chi connectivity index (χ0n) is 17.4. The number of aromatic amines is 1. The van der Waals surface area contributed by atoms with Crippen LogP contribution >= 0.6 is 0 Å². The van der Waals surface area contributed by atoms with Crippen molar-refractivity contribution in [3.8, 4) is 0 Å². The molecule has 0 spiro atoms. The number of nitrogens with one attached hydrogen (secondary N) is 2. The number of H-pyrrole nitrogens is 1. The summed E-state index contributed by atoms with van der Waals surface area (Å²) in [5.74, 6) is 2.01. The van der Waals surface area contributed by atoms with E-state index in [1.54, 1.807) is 0 Å². The third kappa shape index (κ3) is 3.89. The molecule has 1 heterocycles. The van der Waals surface area contributed by atoms with Crippen LogP contribution < -0.4 is 10.2 Å². The molecular formula is C23H34N4O. The smallest absolute Gasteiger partial charge is 0.227 e. The van der Waals surface area contributed by atoms with Gasteiger partial charge in [-0.05, 0) is 51.7 Å². The van der Waals surface area contributed by atoms with E-state index in [1.165, 1.54) is 44.9 Å². The summed E-state index contributed by atoms with van der Waals surface area (Å²) in [7, 11) is 0. The Morgan fingerprint density at radius 1 is 1.07 bits per heavy atom. The molecule has 2 aliphatic rings. The maximum atomic E-state index is 12.8. The van der Waals surface area contributed by atoms with Crippen LogP contribution in [0.2, 0.25) is 0 Å². The highest BCUT2D eigenvalue weighted by Crippen LogP contribution is 2.36. The van der Waals surface area contributed by atoms with Gasteiger partial charge < -0.3 is 15.2 Å². The van der Waals surface area contributed by atoms with Crippen molar-refractivity contribution in [1.82, 2.24) is 9.97 Å². The number of imidazole rings is 1. The Kier molecular flexibility index (Phi) is 5.88. The molecule has 0 aliphatic heterocycles. The Bertz CT molecular complexity index is 811. The lowest BCUT2D eigenvalue weighted by molar-refractivity contribution is -0.119. The van der Waals surface area contributed by atoms with E-state index >= 15 is 0 Å². The van der Waals surface area contributed by atoms with Crippen LogP contribution in [0.1, 0.15) is 83.4 Å². The molecule has 1 aromatic carbocycles. The van der Waals surface area contributed by atoms with Crippen molar-refractivity contribution in [2.45, 2.75) is 77.6 Å². The van der Waals surface area contributed by atoms with Crippen LogP contribution in [0.5, 0.6) is 0 Å². The van der Waals surface area contributed by atoms with Gasteiger partial charge in [-0.3, -0.25) is 4.79 Å². The van der Waals surface area contributed by atoms with Gasteiger partial charge in [-0.1, -0.05) is 32.1 Å². The topological polar surface area (TPSA) is 61.0 Å². The molecule has 4 rings (SSSR count). The average molecular weight is 383 g/mol. The number of carbonyl (C=O) groups is 1. The third-order valence-corrected chi connectivity index (χ3v) is 6.70. The second-order valence-electron chi connectivity index (χ2n) is 8.49. The molecule has 5 heteroatoms. The van der Waals surface area contributed by atoms with Gasteiger partial charge in [0.1, 0.15) is 5.82 Å². The van der Waals surface area contributed by atoms with Gasteiger partial charge in [0.05, 0.1) is 22.4 Å². The van der Waals surface area contributed by atoms with Crippen LogP contribution in [0, 0.1) is 5.92 Å². The first-order valence-corrected chi connectivity index (χ1v) is 11.3. The van der Waals surface area contributed by atoms with Gasteiger partial charge in [-0.2, -0.15) is 0 Å². The second-order valence-corrected chi connectivity index (χ2v) is 8.49. The van der Waals surface area contributed by atoms with Crippen molar-refractivity contribution in [2.75, 3.05) is 23.3 Å². The summed E-state index contributed by atoms with van der Waals surface area (Å²) in [6, 6.07) is 4.27. The van der Waals surface area contributed by atoms with E-state index in [9.17, 15) is 4.79 Å². The monoisotopic (exact) mass is 382 g/mol. The van der Waals surface area contributed by atoms with Crippen LogP contribution in [0.4, 0.5) is 11.4 Å². The molecule has 2 aromatic rings. The minimum atomic E-state index is 0.164. The Labute approximate surface area is 168 Å². The fourth-order valence-corrected chi connectivity index (χ4v) is 4.98. The largest absolute Gasteiger partial charge is 0.370 e. The molecular weight excluding hydrogens is 348 g/mol. The average Bonchev–Trinajstić information content (AvgIpc) is 3.39. The zero-order chi connectivity index (χ0) is 19.5. The fraction of sp³-hybridized carbons (Fsp3) is 0.652. The molecule has 0 saturated heterocycles. The highest BCUT2D eigenvalue weighted by Gasteiger charge is 2.25. The lowest BCUT2D eigenvalue weighted by Gasteiger charge is -2.25. The highest BCUT2D eigenvalue weighted by molar-refractivity contribution is 5.99. The number of aromatic nitrogens is 2. The van der Waals surface area contributed by atoms with Crippen molar-refractivity contribution in [3.63, 3.8) is 0 Å². The first-order chi connectivity index (χ1) is 13.7. The standard InChI is InChI=1S/C23H34N4O/c1-3-27(4-2)21-15-19-18(24-22(25-19)16-10-6-5-7-11-16)14-20(21)26-23(28)17-12-8-9-13-17/h14-17H,3-13H2,1-2H3,(H,24,25)(H,26,28). The van der Waals surface area contributed by atoms with E-state index in [2.05, 4.69) is 41.2 Å². The van der Waals surface area contributed by atoms with Crippen LogP contribution in [-0.4, -0.2) is 29.0 Å². The van der Waals surface area contributed by atoms with Crippen molar-refractivity contribution in [3.05, 3.63) is 18.0 Å². The molecule has 0 unspecified atom stereocenters. The van der Waals surface area contributed by atoms with Crippen molar-refractivity contribution in [1.29, 1.82) is 0 Å². The van der Waals surface area contributed by atoms with Gasteiger partial charge in [-0.25, -0.2) is 4.98 Å². The second kappa shape index (κ2) is 8.54. The summed E-state index contributed by atoms with van der Waals surface area (Å²) in [4.78, 5) is 23.6. The number of fused-ring (bicyclic) bond motifs is 1. The predicted octanol–water partition coefficient (Wildman–Crippen LogP) is 5.59. The number of benzene rings is 1. The Balaban J connectivity index is 1.68. The first kappa shape index (κ1) is 19.3. The van der Waals surface area contributed by atoms with Gasteiger partial charge in [0.15, 0.2) is 0 Å². The third-order valence-electron chi connectivity index (χ3n) is 6.70. The molecule has 0 bridgehead atoms. The molecule has 1 amide bonds. The van der Waals surface area contributed by atoms with Gasteiger partial charge in [-0.15, -0.1) is 0 Å². The van der Waals surface area contributed by atoms with E-state index in [0.717, 1.165) is 54.2 Å². The maximum Gasteiger partial charge on any atom is 0.227 e. The van der Waals surface area contributed by atoms with Crippen LogP contribution in [-0.2, 0) is 4.79 Å². The van der Waals surface area contributed by atoms with Crippen LogP contribution in [0.15, 0.2) is 12.1 Å². The number of carbonyl (C=O) groups excluding carboxylic acids is 1. The summed E-state index contributed by atoms with van der Waals surface area (Å²) < 4.78 is 0. The van der Waals surface area contributed by atoms with Crippen molar-refractivity contribution in [2.24, 2.45) is 5.92 Å². The van der Waals surface area contributed by atoms with E-state index in [-0.39, 0.29) is 11.8 Å². The predicted molar refractivity (Wildman–Crippen MR) is 116 cm³/mol. The summed E-state index contributed by atoms with van der Waals surface area (Å²) in [6.45, 7) is 6.16. The molecule has 0 atom stereocenters. The number of hydrogen-bond acceptors (Lipinski definition) is 3. The SMILES string of the molecule is CCN(CC)c1cc2[nH]c(C3CCCCC3)nc2cc1NC(=O)C1CCCC1. The molecule has 5 nitrogen and oxygen atoms in total. The van der Waals surface area contributed by atoms with E-state index in [0.29, 0.717) is 5.92 Å². The quantitative estimate of drug-likeness (QED) is 0.685.